The largest absolute Gasteiger partial charge is 0.472 e. The molecule has 3 nitrogen and oxygen atoms in total. The van der Waals surface area contributed by atoms with Gasteiger partial charge in [0, 0.05) is 47.8 Å². The van der Waals surface area contributed by atoms with Gasteiger partial charge in [0.25, 0.3) is 6.71 Å². The van der Waals surface area contributed by atoms with E-state index in [0.717, 1.165) is 42.9 Å². The Morgan fingerprint density at radius 2 is 1.28 bits per heavy atom. The molecular weight excluding hydrogens is 665 g/mol. The fraction of sp³-hybridized carbons (Fsp3) is 0.333. The van der Waals surface area contributed by atoms with Crippen molar-refractivity contribution >= 4 is 71.9 Å². The zero-order chi connectivity index (χ0) is 36.4. The van der Waals surface area contributed by atoms with Crippen molar-refractivity contribution < 1.29 is 8.83 Å². The fourth-order valence-corrected chi connectivity index (χ4v) is 11.9. The maximum atomic E-state index is 7.43. The van der Waals surface area contributed by atoms with Crippen molar-refractivity contribution in [1.29, 1.82) is 0 Å². The zero-order valence-electron chi connectivity index (χ0n) is 32.2. The maximum Gasteiger partial charge on any atom is 0.293 e. The minimum absolute atomic E-state index is 0.0287. The zero-order valence-corrected chi connectivity index (χ0v) is 33.0. The van der Waals surface area contributed by atoms with Gasteiger partial charge in [-0.1, -0.05) is 122 Å². The summed E-state index contributed by atoms with van der Waals surface area (Å²) in [5.74, 6) is 2.30. The summed E-state index contributed by atoms with van der Waals surface area (Å²) >= 11 is 1.91. The Balaban J connectivity index is 1.29. The highest BCUT2D eigenvalue weighted by molar-refractivity contribution is 7.26. The Hall–Kier alpha value is -4.48. The first-order chi connectivity index (χ1) is 25.3. The first-order valence-corrected chi connectivity index (χ1v) is 20.4. The molecule has 0 saturated carbocycles. The summed E-state index contributed by atoms with van der Waals surface area (Å²) in [5.41, 5.74) is 15.2. The van der Waals surface area contributed by atoms with Crippen LogP contribution in [-0.4, -0.2) is 6.71 Å². The molecule has 4 aromatic carbocycles. The molecule has 0 bridgehead atoms. The Labute approximate surface area is 317 Å². The van der Waals surface area contributed by atoms with Crippen LogP contribution in [0.15, 0.2) is 94.0 Å². The minimum atomic E-state index is -0.0694. The van der Waals surface area contributed by atoms with Gasteiger partial charge in [-0.15, -0.1) is 11.3 Å². The molecule has 0 atom stereocenters. The summed E-state index contributed by atoms with van der Waals surface area (Å²) in [6.45, 7) is 19.2. The van der Waals surface area contributed by atoms with Crippen molar-refractivity contribution in [2.45, 2.75) is 103 Å². The summed E-state index contributed by atoms with van der Waals surface area (Å²) < 4.78 is 16.9. The van der Waals surface area contributed by atoms with E-state index in [4.69, 9.17) is 8.83 Å². The molecule has 0 amide bonds. The standard InChI is InChI=1S/C48H46BNO2S/c1-45(2)20-22-47(5,6)42-37(45)35(26-51-42)50-34-25-27(28-16-13-17-31-30-15-10-12-19-36(30)53-41(28)31)24-32-29-14-9-11-18-33(29)49(39(32)34)44-40(50)38-43(52-44)48(7,8)23-21-46(38,3)4/h9-19,24-26H,20-23H2,1-8H3. The van der Waals surface area contributed by atoms with Gasteiger partial charge in [0.2, 0.25) is 0 Å². The van der Waals surface area contributed by atoms with Crippen LogP contribution in [0.2, 0.25) is 0 Å². The normalized spacial score (nSPS) is 19.5. The number of rotatable bonds is 2. The van der Waals surface area contributed by atoms with E-state index in [1.165, 1.54) is 81.5 Å². The maximum absolute atomic E-state index is 7.43. The number of hydrogen-bond donors (Lipinski definition) is 0. The number of anilines is 3. The van der Waals surface area contributed by atoms with Gasteiger partial charge in [-0.3, -0.25) is 0 Å². The molecule has 264 valence electrons. The molecule has 2 aliphatic carbocycles. The van der Waals surface area contributed by atoms with Gasteiger partial charge < -0.3 is 13.7 Å². The molecule has 0 unspecified atom stereocenters. The predicted molar refractivity (Wildman–Crippen MR) is 225 cm³/mol. The van der Waals surface area contributed by atoms with Crippen LogP contribution >= 0.6 is 11.3 Å². The van der Waals surface area contributed by atoms with Gasteiger partial charge in [-0.25, -0.2) is 0 Å². The van der Waals surface area contributed by atoms with Crippen molar-refractivity contribution in [1.82, 2.24) is 0 Å². The molecule has 4 aliphatic rings. The molecule has 2 aliphatic heterocycles. The number of hydrogen-bond acceptors (Lipinski definition) is 4. The molecule has 5 heterocycles. The Morgan fingerprint density at radius 1 is 0.623 bits per heavy atom. The third-order valence-electron chi connectivity index (χ3n) is 13.7. The summed E-state index contributed by atoms with van der Waals surface area (Å²) in [6.07, 6.45) is 6.53. The van der Waals surface area contributed by atoms with Crippen LogP contribution in [0.5, 0.6) is 0 Å². The van der Waals surface area contributed by atoms with Crippen molar-refractivity contribution in [3.05, 3.63) is 108 Å². The number of furan rings is 2. The van der Waals surface area contributed by atoms with Crippen molar-refractivity contribution in [3.8, 4) is 22.3 Å². The minimum Gasteiger partial charge on any atom is -0.472 e. The van der Waals surface area contributed by atoms with E-state index in [9.17, 15) is 0 Å². The fourth-order valence-electron chi connectivity index (χ4n) is 10.6. The van der Waals surface area contributed by atoms with E-state index in [1.54, 1.807) is 0 Å². The summed E-state index contributed by atoms with van der Waals surface area (Å²) in [7, 11) is 0. The first-order valence-electron chi connectivity index (χ1n) is 19.5. The van der Waals surface area contributed by atoms with Crippen LogP contribution in [0.25, 0.3) is 42.4 Å². The third-order valence-corrected chi connectivity index (χ3v) is 14.9. The second-order valence-corrected chi connectivity index (χ2v) is 20.0. The Bertz CT molecular complexity index is 2720. The van der Waals surface area contributed by atoms with Crippen LogP contribution < -0.4 is 21.5 Å². The lowest BCUT2D eigenvalue weighted by atomic mass is 9.39. The van der Waals surface area contributed by atoms with Gasteiger partial charge in [0.1, 0.15) is 17.8 Å². The number of thiophene rings is 1. The highest BCUT2D eigenvalue weighted by atomic mass is 32.1. The van der Waals surface area contributed by atoms with Gasteiger partial charge >= 0.3 is 0 Å². The van der Waals surface area contributed by atoms with Crippen LogP contribution in [0.4, 0.5) is 17.1 Å². The average Bonchev–Trinajstić information content (AvgIpc) is 3.92. The van der Waals surface area contributed by atoms with Gasteiger partial charge in [0.05, 0.1) is 17.0 Å². The molecule has 7 aromatic rings. The molecule has 0 radical (unpaired) electrons. The number of benzene rings is 4. The molecule has 0 saturated heterocycles. The SMILES string of the molecule is CC1(C)CCC(C)(C)c2c(N3c4cc(-c5cccc6c5sc5ccccc56)cc5c4B(c4ccccc4-5)c4oc5c(c43)C(C)(C)CCC5(C)C)coc21. The van der Waals surface area contributed by atoms with Crippen LogP contribution in [0, 0.1) is 0 Å². The van der Waals surface area contributed by atoms with Crippen molar-refractivity contribution in [2.75, 3.05) is 4.90 Å². The van der Waals surface area contributed by atoms with Gasteiger partial charge in [-0.05, 0) is 82.4 Å². The van der Waals surface area contributed by atoms with Crippen molar-refractivity contribution in [2.24, 2.45) is 0 Å². The predicted octanol–water partition coefficient (Wildman–Crippen LogP) is 11.9. The lowest BCUT2D eigenvalue weighted by molar-refractivity contribution is 0.278. The van der Waals surface area contributed by atoms with Crippen LogP contribution in [0.1, 0.15) is 104 Å². The van der Waals surface area contributed by atoms with Crippen molar-refractivity contribution in [3.63, 3.8) is 0 Å². The molecule has 11 rings (SSSR count). The van der Waals surface area contributed by atoms with Gasteiger partial charge in [-0.2, -0.15) is 0 Å². The molecule has 5 heteroatoms. The highest BCUT2D eigenvalue weighted by Crippen LogP contribution is 2.58. The number of nitrogens with zero attached hydrogens (tertiary/aromatic N) is 1. The third kappa shape index (κ3) is 4.12. The lowest BCUT2D eigenvalue weighted by Gasteiger charge is -2.43. The van der Waals surface area contributed by atoms with E-state index < -0.39 is 0 Å². The average molecular weight is 712 g/mol. The van der Waals surface area contributed by atoms with E-state index in [0.29, 0.717) is 0 Å². The topological polar surface area (TPSA) is 29.5 Å². The molecule has 0 N–H and O–H groups in total. The molecular formula is C48H46BNO2S. The van der Waals surface area contributed by atoms with E-state index in [-0.39, 0.29) is 28.4 Å². The Kier molecular flexibility index (Phi) is 6.15. The molecule has 0 spiro atoms. The Morgan fingerprint density at radius 3 is 2.09 bits per heavy atom. The van der Waals surface area contributed by atoms with Crippen LogP contribution in [-0.2, 0) is 21.7 Å². The lowest BCUT2D eigenvalue weighted by Crippen LogP contribution is -2.54. The molecule has 0 fully saturated rings. The van der Waals surface area contributed by atoms with E-state index in [2.05, 4.69) is 145 Å². The second-order valence-electron chi connectivity index (χ2n) is 19.0. The highest BCUT2D eigenvalue weighted by Gasteiger charge is 2.53. The van der Waals surface area contributed by atoms with Gasteiger partial charge in [0.15, 0.2) is 0 Å². The smallest absolute Gasteiger partial charge is 0.293 e. The van der Waals surface area contributed by atoms with Crippen LogP contribution in [0.3, 0.4) is 0 Å². The summed E-state index contributed by atoms with van der Waals surface area (Å²) in [4.78, 5) is 2.63. The molecule has 3 aromatic heterocycles. The van der Waals surface area contributed by atoms with E-state index in [1.807, 2.05) is 11.3 Å². The van der Waals surface area contributed by atoms with E-state index >= 15 is 0 Å². The summed E-state index contributed by atoms with van der Waals surface area (Å²) in [6, 6.07) is 29.8. The number of fused-ring (bicyclic) bond motifs is 11. The first kappa shape index (κ1) is 32.0. The summed E-state index contributed by atoms with van der Waals surface area (Å²) in [5, 5.41) is 2.66. The second kappa shape index (κ2) is 10.2. The molecule has 53 heavy (non-hydrogen) atoms. The quantitative estimate of drug-likeness (QED) is 0.167. The monoisotopic (exact) mass is 711 g/mol.